The number of halogens is 2. The predicted molar refractivity (Wildman–Crippen MR) is 78.9 cm³/mol. The molecule has 2 heterocycles. The molecule has 0 radical (unpaired) electrons. The van der Waals surface area contributed by atoms with Crippen molar-refractivity contribution in [1.82, 2.24) is 4.90 Å². The summed E-state index contributed by atoms with van der Waals surface area (Å²) >= 11 is 4.75. The van der Waals surface area contributed by atoms with Gasteiger partial charge in [0.05, 0.1) is 0 Å². The van der Waals surface area contributed by atoms with Crippen LogP contribution in [0.2, 0.25) is 0 Å². The number of benzene rings is 1. The van der Waals surface area contributed by atoms with Gasteiger partial charge in [0, 0.05) is 24.2 Å². The smallest absolute Gasteiger partial charge is 0.150 e. The second-order valence-electron chi connectivity index (χ2n) is 5.46. The van der Waals surface area contributed by atoms with Gasteiger partial charge in [0.2, 0.25) is 0 Å². The Hall–Kier alpha value is -1.27. The summed E-state index contributed by atoms with van der Waals surface area (Å²) < 4.78 is 28.1. The molecule has 2 unspecified atom stereocenters. The molecule has 2 saturated heterocycles. The molecule has 2 aliphatic rings. The molecule has 0 bridgehead atoms. The summed E-state index contributed by atoms with van der Waals surface area (Å²) in [6, 6.07) is 2.88. The average molecular weight is 297 g/mol. The molecule has 1 aromatic carbocycles. The van der Waals surface area contributed by atoms with Crippen LogP contribution in [0.3, 0.4) is 0 Å². The number of fused-ring (bicyclic) bond motifs is 1. The van der Waals surface area contributed by atoms with Crippen LogP contribution in [0.25, 0.3) is 0 Å². The summed E-state index contributed by atoms with van der Waals surface area (Å²) in [4.78, 5) is 2.38. The maximum absolute atomic E-state index is 14.0. The largest absolute Gasteiger partial charge is 0.389 e. The van der Waals surface area contributed by atoms with Gasteiger partial charge in [-0.2, -0.15) is 0 Å². The Labute approximate surface area is 122 Å². The zero-order valence-electron chi connectivity index (χ0n) is 11.0. The summed E-state index contributed by atoms with van der Waals surface area (Å²) in [5, 5.41) is 3.04. The van der Waals surface area contributed by atoms with E-state index in [0.29, 0.717) is 6.04 Å². The van der Waals surface area contributed by atoms with Gasteiger partial charge in [0.25, 0.3) is 0 Å². The first kappa shape index (κ1) is 13.7. The van der Waals surface area contributed by atoms with Crippen LogP contribution in [-0.2, 0) is 0 Å². The molecule has 2 aliphatic heterocycles. The molecule has 0 aliphatic carbocycles. The number of anilines is 1. The number of thiocarbonyl (C=S) groups is 1. The first-order valence-electron chi connectivity index (χ1n) is 6.85. The highest BCUT2D eigenvalue weighted by molar-refractivity contribution is 7.80. The summed E-state index contributed by atoms with van der Waals surface area (Å²) in [6.45, 7) is 2.09. The van der Waals surface area contributed by atoms with E-state index in [9.17, 15) is 8.78 Å². The molecule has 6 heteroatoms. The molecular formula is C14H17F2N3S. The Morgan fingerprint density at radius 1 is 1.25 bits per heavy atom. The Kier molecular flexibility index (Phi) is 3.60. The highest BCUT2D eigenvalue weighted by atomic mass is 32.1. The molecule has 20 heavy (non-hydrogen) atoms. The highest BCUT2D eigenvalue weighted by Gasteiger charge is 2.37. The lowest BCUT2D eigenvalue weighted by Gasteiger charge is -2.23. The third-order valence-corrected chi connectivity index (χ3v) is 4.50. The van der Waals surface area contributed by atoms with Crippen molar-refractivity contribution in [2.75, 3.05) is 18.4 Å². The van der Waals surface area contributed by atoms with Gasteiger partial charge in [-0.05, 0) is 37.9 Å². The Balaban J connectivity index is 1.82. The van der Waals surface area contributed by atoms with Crippen LogP contribution in [0, 0.1) is 11.6 Å². The first-order valence-corrected chi connectivity index (χ1v) is 7.26. The zero-order chi connectivity index (χ0) is 14.3. The van der Waals surface area contributed by atoms with E-state index in [0.717, 1.165) is 32.4 Å². The topological polar surface area (TPSA) is 41.3 Å². The molecule has 2 atom stereocenters. The van der Waals surface area contributed by atoms with Crippen molar-refractivity contribution in [1.29, 1.82) is 0 Å². The lowest BCUT2D eigenvalue weighted by Crippen LogP contribution is -2.34. The quantitative estimate of drug-likeness (QED) is 0.840. The van der Waals surface area contributed by atoms with Gasteiger partial charge in [-0.1, -0.05) is 12.2 Å². The molecule has 0 aromatic heterocycles. The van der Waals surface area contributed by atoms with Crippen LogP contribution in [0.1, 0.15) is 24.8 Å². The summed E-state index contributed by atoms with van der Waals surface area (Å²) in [7, 11) is 0. The van der Waals surface area contributed by atoms with Crippen molar-refractivity contribution < 1.29 is 8.78 Å². The van der Waals surface area contributed by atoms with Crippen molar-refractivity contribution in [3.05, 3.63) is 29.3 Å². The lowest BCUT2D eigenvalue weighted by molar-refractivity contribution is 0.318. The molecule has 3 nitrogen and oxygen atoms in total. The molecule has 0 amide bonds. The van der Waals surface area contributed by atoms with E-state index in [1.807, 2.05) is 0 Å². The van der Waals surface area contributed by atoms with Gasteiger partial charge >= 0.3 is 0 Å². The van der Waals surface area contributed by atoms with Gasteiger partial charge in [0.15, 0.2) is 0 Å². The average Bonchev–Trinajstić information content (AvgIpc) is 2.97. The van der Waals surface area contributed by atoms with Crippen LogP contribution in [0.4, 0.5) is 14.5 Å². The van der Waals surface area contributed by atoms with Crippen molar-refractivity contribution in [2.45, 2.75) is 31.3 Å². The monoisotopic (exact) mass is 297 g/mol. The Morgan fingerprint density at radius 2 is 1.95 bits per heavy atom. The SMILES string of the molecule is NC(=S)c1cc(F)c(NC2CCN3CCCC23)c(F)c1. The third kappa shape index (κ3) is 2.38. The van der Waals surface area contributed by atoms with Crippen LogP contribution >= 0.6 is 12.2 Å². The second-order valence-corrected chi connectivity index (χ2v) is 5.90. The Bertz CT molecular complexity index is 526. The lowest BCUT2D eigenvalue weighted by atomic mass is 10.1. The number of rotatable bonds is 3. The summed E-state index contributed by atoms with van der Waals surface area (Å²) in [5.74, 6) is -1.27. The molecule has 1 aromatic rings. The number of nitrogens with zero attached hydrogens (tertiary/aromatic N) is 1. The maximum atomic E-state index is 14.0. The minimum atomic E-state index is -0.635. The normalized spacial score (nSPS) is 25.7. The fraction of sp³-hybridized carbons (Fsp3) is 0.500. The van der Waals surface area contributed by atoms with Crippen LogP contribution in [0.15, 0.2) is 12.1 Å². The fourth-order valence-electron chi connectivity index (χ4n) is 3.29. The van der Waals surface area contributed by atoms with Crippen molar-refractivity contribution >= 4 is 22.9 Å². The molecule has 3 N–H and O–H groups in total. The van der Waals surface area contributed by atoms with Gasteiger partial charge in [0.1, 0.15) is 22.3 Å². The van der Waals surface area contributed by atoms with E-state index in [2.05, 4.69) is 10.2 Å². The minimum Gasteiger partial charge on any atom is -0.389 e. The number of nitrogens with one attached hydrogen (secondary N) is 1. The standard InChI is InChI=1S/C14H17F2N3S/c15-9-6-8(14(17)20)7-10(16)13(9)18-11-3-5-19-4-1-2-12(11)19/h6-7,11-12,18H,1-5H2,(H2,17,20). The highest BCUT2D eigenvalue weighted by Crippen LogP contribution is 2.31. The molecule has 2 fully saturated rings. The second kappa shape index (κ2) is 5.26. The molecule has 0 saturated carbocycles. The van der Waals surface area contributed by atoms with Gasteiger partial charge in [-0.15, -0.1) is 0 Å². The van der Waals surface area contributed by atoms with Crippen molar-refractivity contribution in [3.63, 3.8) is 0 Å². The number of hydrogen-bond acceptors (Lipinski definition) is 3. The van der Waals surface area contributed by atoms with Crippen molar-refractivity contribution in [3.8, 4) is 0 Å². The van der Waals surface area contributed by atoms with E-state index >= 15 is 0 Å². The minimum absolute atomic E-state index is 0.00261. The Morgan fingerprint density at radius 3 is 2.60 bits per heavy atom. The molecule has 0 spiro atoms. The molecule has 108 valence electrons. The van der Waals surface area contributed by atoms with Gasteiger partial charge in [-0.25, -0.2) is 8.78 Å². The third-order valence-electron chi connectivity index (χ3n) is 4.26. The van der Waals surface area contributed by atoms with Gasteiger partial charge in [-0.3, -0.25) is 4.90 Å². The maximum Gasteiger partial charge on any atom is 0.150 e. The van der Waals surface area contributed by atoms with E-state index in [-0.39, 0.29) is 22.3 Å². The predicted octanol–water partition coefficient (Wildman–Crippen LogP) is 2.25. The summed E-state index contributed by atoms with van der Waals surface area (Å²) in [5.41, 5.74) is 5.56. The fourth-order valence-corrected chi connectivity index (χ4v) is 3.41. The van der Waals surface area contributed by atoms with Crippen LogP contribution < -0.4 is 11.1 Å². The van der Waals surface area contributed by atoms with E-state index in [1.54, 1.807) is 0 Å². The van der Waals surface area contributed by atoms with E-state index in [1.165, 1.54) is 12.1 Å². The molecule has 3 rings (SSSR count). The molecular weight excluding hydrogens is 280 g/mol. The first-order chi connectivity index (χ1) is 9.56. The van der Waals surface area contributed by atoms with Crippen LogP contribution in [0.5, 0.6) is 0 Å². The van der Waals surface area contributed by atoms with E-state index in [4.69, 9.17) is 18.0 Å². The summed E-state index contributed by atoms with van der Waals surface area (Å²) in [6.07, 6.45) is 3.17. The number of hydrogen-bond donors (Lipinski definition) is 2. The van der Waals surface area contributed by atoms with Crippen LogP contribution in [-0.4, -0.2) is 35.1 Å². The van der Waals surface area contributed by atoms with Crippen molar-refractivity contribution in [2.24, 2.45) is 5.73 Å². The van der Waals surface area contributed by atoms with Gasteiger partial charge < -0.3 is 11.1 Å². The zero-order valence-corrected chi connectivity index (χ0v) is 11.9. The van der Waals surface area contributed by atoms with E-state index < -0.39 is 11.6 Å². The number of nitrogens with two attached hydrogens (primary N) is 1.